The Bertz CT molecular complexity index is 783. The molecule has 0 atom stereocenters. The highest BCUT2D eigenvalue weighted by Crippen LogP contribution is 2.23. The first kappa shape index (κ1) is 12.3. The van der Waals surface area contributed by atoms with Gasteiger partial charge in [0.25, 0.3) is 0 Å². The number of rotatable bonds is 4. The molecule has 1 aromatic carbocycles. The Morgan fingerprint density at radius 3 is 2.58 bits per heavy atom. The molecule has 0 amide bonds. The minimum atomic E-state index is 0.0687. The van der Waals surface area contributed by atoms with Crippen LogP contribution in [0.25, 0.3) is 22.1 Å². The predicted octanol–water partition coefficient (Wildman–Crippen LogP) is 2.63. The van der Waals surface area contributed by atoms with Crippen molar-refractivity contribution in [2.75, 3.05) is 0 Å². The monoisotopic (exact) mass is 276 g/mol. The molecule has 0 aliphatic heterocycles. The fourth-order valence-electron chi connectivity index (χ4n) is 2.53. The van der Waals surface area contributed by atoms with Crippen LogP contribution in [0.5, 0.6) is 0 Å². The highest BCUT2D eigenvalue weighted by molar-refractivity contribution is 7.00. The lowest BCUT2D eigenvalue weighted by atomic mass is 10.2. The van der Waals surface area contributed by atoms with Crippen molar-refractivity contribution in [3.63, 3.8) is 0 Å². The summed E-state index contributed by atoms with van der Waals surface area (Å²) in [6.45, 7) is 5.63. The summed E-state index contributed by atoms with van der Waals surface area (Å²) >= 11 is 1.20. The second-order valence-corrected chi connectivity index (χ2v) is 5.18. The zero-order valence-corrected chi connectivity index (χ0v) is 11.9. The van der Waals surface area contributed by atoms with Gasteiger partial charge in [0.1, 0.15) is 11.0 Å². The van der Waals surface area contributed by atoms with Gasteiger partial charge in [-0.25, -0.2) is 4.79 Å². The Morgan fingerprint density at radius 1 is 1.11 bits per heavy atom. The third-order valence-corrected chi connectivity index (χ3v) is 3.84. The SMILES string of the molecule is CCCn1c(=O)n(CCC)c2c3nsnc3ccc21. The molecular weight excluding hydrogens is 260 g/mol. The van der Waals surface area contributed by atoms with E-state index in [2.05, 4.69) is 22.6 Å². The van der Waals surface area contributed by atoms with Crippen molar-refractivity contribution in [3.8, 4) is 0 Å². The van der Waals surface area contributed by atoms with E-state index in [0.717, 1.165) is 48.0 Å². The third kappa shape index (κ3) is 1.78. The molecule has 0 spiro atoms. The van der Waals surface area contributed by atoms with Crippen LogP contribution in [0, 0.1) is 0 Å². The molecule has 19 heavy (non-hydrogen) atoms. The molecule has 0 aliphatic carbocycles. The smallest absolute Gasteiger partial charge is 0.292 e. The van der Waals surface area contributed by atoms with E-state index in [1.165, 1.54) is 11.7 Å². The van der Waals surface area contributed by atoms with Gasteiger partial charge < -0.3 is 0 Å². The van der Waals surface area contributed by atoms with Crippen LogP contribution in [0.15, 0.2) is 16.9 Å². The van der Waals surface area contributed by atoms with E-state index >= 15 is 0 Å². The molecule has 3 rings (SSSR count). The maximum Gasteiger partial charge on any atom is 0.329 e. The number of benzene rings is 1. The first-order chi connectivity index (χ1) is 9.27. The molecule has 0 unspecified atom stereocenters. The lowest BCUT2D eigenvalue weighted by Gasteiger charge is -1.99. The predicted molar refractivity (Wildman–Crippen MR) is 77.8 cm³/mol. The summed E-state index contributed by atoms with van der Waals surface area (Å²) in [6, 6.07) is 3.94. The number of aryl methyl sites for hydroxylation is 2. The van der Waals surface area contributed by atoms with Gasteiger partial charge in [-0.05, 0) is 25.0 Å². The number of nitrogens with zero attached hydrogens (tertiary/aromatic N) is 4. The van der Waals surface area contributed by atoms with Crippen molar-refractivity contribution in [2.45, 2.75) is 39.8 Å². The lowest BCUT2D eigenvalue weighted by molar-refractivity contribution is 0.608. The molecule has 2 aromatic heterocycles. The summed E-state index contributed by atoms with van der Waals surface area (Å²) in [5.74, 6) is 0. The highest BCUT2D eigenvalue weighted by atomic mass is 32.1. The molecule has 0 bridgehead atoms. The van der Waals surface area contributed by atoms with Crippen molar-refractivity contribution >= 4 is 33.8 Å². The highest BCUT2D eigenvalue weighted by Gasteiger charge is 2.16. The molecule has 0 aliphatic rings. The topological polar surface area (TPSA) is 52.7 Å². The number of hydrogen-bond acceptors (Lipinski definition) is 4. The van der Waals surface area contributed by atoms with Crippen molar-refractivity contribution in [2.24, 2.45) is 0 Å². The molecule has 0 radical (unpaired) electrons. The first-order valence-electron chi connectivity index (χ1n) is 6.62. The van der Waals surface area contributed by atoms with E-state index in [1.54, 1.807) is 0 Å². The van der Waals surface area contributed by atoms with Gasteiger partial charge in [0.2, 0.25) is 0 Å². The van der Waals surface area contributed by atoms with Crippen LogP contribution >= 0.6 is 11.7 Å². The van der Waals surface area contributed by atoms with E-state index in [0.29, 0.717) is 0 Å². The van der Waals surface area contributed by atoms with Crippen LogP contribution in [-0.2, 0) is 13.1 Å². The molecule has 0 N–H and O–H groups in total. The van der Waals surface area contributed by atoms with Gasteiger partial charge in [0.15, 0.2) is 0 Å². The van der Waals surface area contributed by atoms with Gasteiger partial charge >= 0.3 is 5.69 Å². The Morgan fingerprint density at radius 2 is 1.84 bits per heavy atom. The fraction of sp³-hybridized carbons (Fsp3) is 0.462. The van der Waals surface area contributed by atoms with Crippen molar-refractivity contribution in [1.29, 1.82) is 0 Å². The number of hydrogen-bond donors (Lipinski definition) is 0. The van der Waals surface area contributed by atoms with E-state index in [4.69, 9.17) is 0 Å². The van der Waals surface area contributed by atoms with Crippen LogP contribution in [0.2, 0.25) is 0 Å². The summed E-state index contributed by atoms with van der Waals surface area (Å²) in [7, 11) is 0. The second kappa shape index (κ2) is 4.77. The van der Waals surface area contributed by atoms with Crippen LogP contribution in [-0.4, -0.2) is 17.9 Å². The van der Waals surface area contributed by atoms with Gasteiger partial charge in [0.05, 0.1) is 22.8 Å². The van der Waals surface area contributed by atoms with Gasteiger partial charge in [-0.2, -0.15) is 8.75 Å². The zero-order chi connectivity index (χ0) is 13.4. The van der Waals surface area contributed by atoms with E-state index < -0.39 is 0 Å². The normalized spacial score (nSPS) is 11.7. The Balaban J connectivity index is 2.44. The van der Waals surface area contributed by atoms with Gasteiger partial charge in [-0.1, -0.05) is 13.8 Å². The molecule has 3 aromatic rings. The van der Waals surface area contributed by atoms with Crippen LogP contribution in [0.1, 0.15) is 26.7 Å². The second-order valence-electron chi connectivity index (χ2n) is 4.65. The van der Waals surface area contributed by atoms with E-state index in [-0.39, 0.29) is 5.69 Å². The zero-order valence-electron chi connectivity index (χ0n) is 11.1. The average Bonchev–Trinajstić information content (AvgIpc) is 2.97. The quantitative estimate of drug-likeness (QED) is 0.736. The Kier molecular flexibility index (Phi) is 3.10. The van der Waals surface area contributed by atoms with Crippen LogP contribution < -0.4 is 5.69 Å². The number of fused-ring (bicyclic) bond motifs is 3. The average molecular weight is 276 g/mol. The third-order valence-electron chi connectivity index (χ3n) is 3.30. The Labute approximate surface area is 114 Å². The maximum absolute atomic E-state index is 12.5. The molecule has 100 valence electrons. The van der Waals surface area contributed by atoms with Gasteiger partial charge in [-0.3, -0.25) is 9.13 Å². The summed E-state index contributed by atoms with van der Waals surface area (Å²) < 4.78 is 12.3. The Hall–Kier alpha value is -1.69. The maximum atomic E-state index is 12.5. The molecule has 0 saturated heterocycles. The molecule has 0 saturated carbocycles. The summed E-state index contributed by atoms with van der Waals surface area (Å²) in [5, 5.41) is 0. The number of aromatic nitrogens is 4. The molecular formula is C13H16N4OS. The molecule has 2 heterocycles. The summed E-state index contributed by atoms with van der Waals surface area (Å²) in [4.78, 5) is 12.5. The molecule has 5 nitrogen and oxygen atoms in total. The first-order valence-corrected chi connectivity index (χ1v) is 7.35. The van der Waals surface area contributed by atoms with E-state index in [9.17, 15) is 4.79 Å². The lowest BCUT2D eigenvalue weighted by Crippen LogP contribution is -2.24. The van der Waals surface area contributed by atoms with Crippen molar-refractivity contribution in [3.05, 3.63) is 22.6 Å². The molecule has 6 heteroatoms. The molecule has 0 fully saturated rings. The summed E-state index contributed by atoms with van der Waals surface area (Å²) in [6.07, 6.45) is 1.87. The summed E-state index contributed by atoms with van der Waals surface area (Å²) in [5.41, 5.74) is 3.70. The minimum absolute atomic E-state index is 0.0687. The van der Waals surface area contributed by atoms with Crippen LogP contribution in [0.3, 0.4) is 0 Å². The van der Waals surface area contributed by atoms with Crippen molar-refractivity contribution in [1.82, 2.24) is 17.9 Å². The fourth-order valence-corrected chi connectivity index (χ4v) is 3.06. The van der Waals surface area contributed by atoms with Gasteiger partial charge in [0, 0.05) is 13.1 Å². The van der Waals surface area contributed by atoms with Gasteiger partial charge in [-0.15, -0.1) is 0 Å². The largest absolute Gasteiger partial charge is 0.329 e. The van der Waals surface area contributed by atoms with Crippen molar-refractivity contribution < 1.29 is 0 Å². The standard InChI is InChI=1S/C13H16N4OS/c1-3-7-16-10-6-5-9-11(15-19-14-9)12(10)17(8-4-2)13(16)18/h5-6H,3-4,7-8H2,1-2H3. The van der Waals surface area contributed by atoms with E-state index in [1.807, 2.05) is 21.3 Å². The minimum Gasteiger partial charge on any atom is -0.292 e. The number of imidazole rings is 1. The van der Waals surface area contributed by atoms with Crippen LogP contribution in [0.4, 0.5) is 0 Å².